The van der Waals surface area contributed by atoms with Crippen LogP contribution in [0.1, 0.15) is 67.4 Å². The lowest BCUT2D eigenvalue weighted by molar-refractivity contribution is 0.00578. The van der Waals surface area contributed by atoms with Crippen LogP contribution in [0.15, 0.2) is 18.2 Å². The minimum absolute atomic E-state index is 0.347. The van der Waals surface area contributed by atoms with Gasteiger partial charge in [-0.1, -0.05) is 45.9 Å². The van der Waals surface area contributed by atoms with E-state index in [9.17, 15) is 0 Å². The minimum atomic E-state index is -0.377. The fourth-order valence-corrected chi connectivity index (χ4v) is 2.65. The fraction of sp³-hybridized carbons (Fsp3) is 0.714. The molecule has 0 unspecified atom stereocenters. The Morgan fingerprint density at radius 2 is 1.52 bits per heavy atom. The van der Waals surface area contributed by atoms with Gasteiger partial charge in [-0.3, -0.25) is 0 Å². The van der Waals surface area contributed by atoms with Crippen LogP contribution in [0.4, 0.5) is 5.69 Å². The Kier molecular flexibility index (Phi) is 11.9. The van der Waals surface area contributed by atoms with Crippen molar-refractivity contribution < 1.29 is 9.31 Å². The summed E-state index contributed by atoms with van der Waals surface area (Å²) in [4.78, 5) is 0. The van der Waals surface area contributed by atoms with Gasteiger partial charge in [0, 0.05) is 24.2 Å². The highest BCUT2D eigenvalue weighted by atomic mass is 16.7. The minimum Gasteiger partial charge on any atom is -0.399 e. The first-order valence-corrected chi connectivity index (χ1v) is 10.4. The van der Waals surface area contributed by atoms with Crippen LogP contribution >= 0.6 is 0 Å². The summed E-state index contributed by atoms with van der Waals surface area (Å²) in [5, 5.41) is 6.68. The van der Waals surface area contributed by atoms with Gasteiger partial charge in [-0.15, -0.1) is 0 Å². The Hall–Kier alpha value is -1.08. The maximum absolute atomic E-state index is 6.20. The van der Waals surface area contributed by atoms with Gasteiger partial charge in [0.1, 0.15) is 0 Å². The molecule has 0 atom stereocenters. The Labute approximate surface area is 167 Å². The van der Waals surface area contributed by atoms with E-state index in [1.54, 1.807) is 0 Å². The Morgan fingerprint density at radius 1 is 0.963 bits per heavy atom. The quantitative estimate of drug-likeness (QED) is 0.500. The molecule has 6 heteroatoms. The highest BCUT2D eigenvalue weighted by molar-refractivity contribution is 6.64. The van der Waals surface area contributed by atoms with Crippen molar-refractivity contribution in [1.82, 2.24) is 5.32 Å². The van der Waals surface area contributed by atoms with Crippen LogP contribution in [0.5, 0.6) is 0 Å². The molecule has 0 saturated carbocycles. The lowest BCUT2D eigenvalue weighted by Crippen LogP contribution is -2.41. The van der Waals surface area contributed by atoms with Gasteiger partial charge in [-0.2, -0.15) is 0 Å². The van der Waals surface area contributed by atoms with Gasteiger partial charge < -0.3 is 25.7 Å². The van der Waals surface area contributed by atoms with Crippen molar-refractivity contribution >= 4 is 18.3 Å². The summed E-state index contributed by atoms with van der Waals surface area (Å²) in [5.74, 6) is 0. The van der Waals surface area contributed by atoms with Crippen molar-refractivity contribution in [3.8, 4) is 0 Å². The van der Waals surface area contributed by atoms with E-state index >= 15 is 0 Å². The number of nitrogens with one attached hydrogen (secondary N) is 2. The van der Waals surface area contributed by atoms with Crippen molar-refractivity contribution in [1.29, 1.82) is 0 Å². The third-order valence-corrected chi connectivity index (χ3v) is 4.82. The summed E-state index contributed by atoms with van der Waals surface area (Å²) >= 11 is 0. The maximum Gasteiger partial charge on any atom is 0.496 e. The molecule has 156 valence electrons. The molecule has 1 aromatic carbocycles. The molecule has 5 nitrogen and oxygen atoms in total. The molecule has 27 heavy (non-hydrogen) atoms. The van der Waals surface area contributed by atoms with Crippen LogP contribution in [0.2, 0.25) is 0 Å². The number of anilines is 1. The van der Waals surface area contributed by atoms with Gasteiger partial charge in [0.25, 0.3) is 0 Å². The zero-order chi connectivity index (χ0) is 21.1. The topological polar surface area (TPSA) is 68.5 Å². The zero-order valence-electron chi connectivity index (χ0n) is 19.0. The Balaban J connectivity index is 0.00000158. The maximum atomic E-state index is 6.20. The molecule has 1 aliphatic heterocycles. The second kappa shape index (κ2) is 12.4. The molecule has 0 amide bonds. The van der Waals surface area contributed by atoms with E-state index in [2.05, 4.69) is 50.5 Å². The molecule has 0 aliphatic carbocycles. The van der Waals surface area contributed by atoms with E-state index in [0.717, 1.165) is 36.2 Å². The molecule has 1 heterocycles. The smallest absolute Gasteiger partial charge is 0.399 e. The zero-order valence-corrected chi connectivity index (χ0v) is 19.0. The first-order valence-electron chi connectivity index (χ1n) is 10.4. The van der Waals surface area contributed by atoms with Crippen LogP contribution in [0.3, 0.4) is 0 Å². The summed E-state index contributed by atoms with van der Waals surface area (Å²) in [6.07, 6.45) is 1.04. The van der Waals surface area contributed by atoms with E-state index < -0.39 is 0 Å². The van der Waals surface area contributed by atoms with Crippen molar-refractivity contribution in [3.63, 3.8) is 0 Å². The van der Waals surface area contributed by atoms with Gasteiger partial charge in [0.2, 0.25) is 0 Å². The van der Waals surface area contributed by atoms with Crippen LogP contribution in [-0.4, -0.2) is 38.5 Å². The SMILES string of the molecule is CC.CC.CNCCCNc1c(CN)cccc1B1OC(C)(C)C(C)(C)O1. The first-order chi connectivity index (χ1) is 12.8. The molecular formula is C21H42BN3O2. The van der Waals surface area contributed by atoms with Crippen LogP contribution in [-0.2, 0) is 15.9 Å². The molecule has 0 radical (unpaired) electrons. The normalized spacial score (nSPS) is 16.7. The van der Waals surface area contributed by atoms with Crippen molar-refractivity contribution in [3.05, 3.63) is 23.8 Å². The molecule has 1 fully saturated rings. The van der Waals surface area contributed by atoms with Gasteiger partial charge in [0.05, 0.1) is 11.2 Å². The predicted octanol–water partition coefficient (Wildman–Crippen LogP) is 3.52. The number of hydrogen-bond acceptors (Lipinski definition) is 5. The molecule has 1 aromatic rings. The Bertz CT molecular complexity index is 520. The standard InChI is InChI=1S/C17H30BN3O2.2C2H6/c1-16(2)17(3,4)23-18(22-16)14-9-6-8-13(12-19)15(14)21-11-7-10-20-5;2*1-2/h6,8-9,20-21H,7,10-12,19H2,1-5H3;2*1-2H3. The summed E-state index contributed by atoms with van der Waals surface area (Å²) in [5.41, 5.74) is 8.38. The summed E-state index contributed by atoms with van der Waals surface area (Å²) in [6.45, 7) is 18.6. The Morgan fingerprint density at radius 3 is 2.00 bits per heavy atom. The van der Waals surface area contributed by atoms with Crippen molar-refractivity contribution in [2.45, 2.75) is 79.6 Å². The number of rotatable bonds is 7. The van der Waals surface area contributed by atoms with Crippen LogP contribution in [0.25, 0.3) is 0 Å². The van der Waals surface area contributed by atoms with Gasteiger partial charge in [0.15, 0.2) is 0 Å². The van der Waals surface area contributed by atoms with Crippen molar-refractivity contribution in [2.24, 2.45) is 5.73 Å². The van der Waals surface area contributed by atoms with Crippen molar-refractivity contribution in [2.75, 3.05) is 25.5 Å². The summed E-state index contributed by atoms with van der Waals surface area (Å²) in [7, 11) is 1.59. The largest absolute Gasteiger partial charge is 0.496 e. The molecular weight excluding hydrogens is 337 g/mol. The average molecular weight is 379 g/mol. The molecule has 4 N–H and O–H groups in total. The number of para-hydroxylation sites is 1. The van der Waals surface area contributed by atoms with E-state index in [1.807, 2.05) is 40.8 Å². The van der Waals surface area contributed by atoms with E-state index in [4.69, 9.17) is 15.0 Å². The third-order valence-electron chi connectivity index (χ3n) is 4.82. The average Bonchev–Trinajstić information content (AvgIpc) is 2.89. The lowest BCUT2D eigenvalue weighted by atomic mass is 9.76. The molecule has 0 spiro atoms. The van der Waals surface area contributed by atoms with E-state index in [0.29, 0.717) is 6.54 Å². The van der Waals surface area contributed by atoms with Crippen LogP contribution in [0, 0.1) is 0 Å². The number of benzene rings is 1. The van der Waals surface area contributed by atoms with Gasteiger partial charge in [-0.05, 0) is 53.3 Å². The molecule has 0 aromatic heterocycles. The van der Waals surface area contributed by atoms with Crippen LogP contribution < -0.4 is 21.8 Å². The fourth-order valence-electron chi connectivity index (χ4n) is 2.65. The monoisotopic (exact) mass is 379 g/mol. The third kappa shape index (κ3) is 6.79. The van der Waals surface area contributed by atoms with Gasteiger partial charge in [-0.25, -0.2) is 0 Å². The lowest BCUT2D eigenvalue weighted by Gasteiger charge is -2.32. The second-order valence-electron chi connectivity index (χ2n) is 7.06. The molecule has 1 saturated heterocycles. The summed E-state index contributed by atoms with van der Waals surface area (Å²) in [6, 6.07) is 6.12. The highest BCUT2D eigenvalue weighted by Gasteiger charge is 2.52. The van der Waals surface area contributed by atoms with E-state index in [1.165, 1.54) is 0 Å². The summed E-state index contributed by atoms with van der Waals surface area (Å²) < 4.78 is 12.4. The van der Waals surface area contributed by atoms with E-state index in [-0.39, 0.29) is 18.3 Å². The molecule has 2 rings (SSSR count). The first kappa shape index (κ1) is 25.9. The number of nitrogens with two attached hydrogens (primary N) is 1. The highest BCUT2D eigenvalue weighted by Crippen LogP contribution is 2.37. The predicted molar refractivity (Wildman–Crippen MR) is 120 cm³/mol. The molecule has 0 bridgehead atoms. The van der Waals surface area contributed by atoms with Gasteiger partial charge >= 0.3 is 7.12 Å². The molecule has 1 aliphatic rings. The second-order valence-corrected chi connectivity index (χ2v) is 7.06. The number of hydrogen-bond donors (Lipinski definition) is 3.